The van der Waals surface area contributed by atoms with Gasteiger partial charge in [0.15, 0.2) is 23.3 Å². The molecule has 21 heteroatoms. The maximum absolute atomic E-state index is 14.6. The summed E-state index contributed by atoms with van der Waals surface area (Å²) in [6, 6.07) is 12.6. The Labute approximate surface area is 403 Å². The minimum Gasteiger partial charge on any atom is -0.385 e. The minimum atomic E-state index is -1.28. The van der Waals surface area contributed by atoms with Crippen molar-refractivity contribution in [2.75, 3.05) is 57.0 Å². The number of ether oxygens (including phenoxy) is 1. The lowest BCUT2D eigenvalue weighted by Gasteiger charge is -2.47. The highest BCUT2D eigenvalue weighted by atomic mass is 127. The van der Waals surface area contributed by atoms with E-state index in [0.29, 0.717) is 13.7 Å². The van der Waals surface area contributed by atoms with Crippen LogP contribution < -0.4 is 21.3 Å². The number of aromatic nitrogens is 2. The number of hydrogen-bond donors (Lipinski definition) is 6. The Morgan fingerprint density at radius 3 is 1.70 bits per heavy atom. The van der Waals surface area contributed by atoms with Gasteiger partial charge >= 0.3 is 0 Å². The maximum Gasteiger partial charge on any atom is 0.256 e. The standard InChI is InChI=1S/C23H25F3IN3O3.C22H21F3IN5O2/c1-33-19-4-2-3-18(19)28-10-23(32)11-30(12-23)22(31)14-6-7-15(24)20(26)21(14)29-17-8-5-13(27)9-16(17)25;1-30-12-28-8-14(30)7-27-9-22(33)10-31(11-22)21(32)15-3-4-16(23)19(25)20(15)29-18-5-2-13(26)6-17(18)24/h5-9,18-19,28-29,32H,2-4,10-12H2,1H3;2-6,8,12,27,29,33H,7,9-11H2,1H3/t18?,19-;/m0./s1. The Morgan fingerprint density at radius 2 is 1.24 bits per heavy atom. The second-order valence-electron chi connectivity index (χ2n) is 16.6. The molecule has 2 aliphatic heterocycles. The number of rotatable bonds is 14. The van der Waals surface area contributed by atoms with Gasteiger partial charge in [-0.05, 0) is 125 Å². The number of carbonyl (C=O) groups excluding carboxylic acids is 2. The van der Waals surface area contributed by atoms with E-state index < -0.39 is 69.3 Å². The number of imidazole rings is 1. The molecule has 0 bridgehead atoms. The van der Waals surface area contributed by atoms with Gasteiger partial charge in [-0.25, -0.2) is 31.3 Å². The van der Waals surface area contributed by atoms with Gasteiger partial charge in [0.05, 0.1) is 78.2 Å². The van der Waals surface area contributed by atoms with Crippen molar-refractivity contribution in [2.24, 2.45) is 7.05 Å². The van der Waals surface area contributed by atoms with Crippen molar-refractivity contribution in [1.82, 2.24) is 30.0 Å². The first-order valence-corrected chi connectivity index (χ1v) is 22.9. The number of amides is 2. The van der Waals surface area contributed by atoms with Crippen LogP contribution in [0, 0.1) is 42.0 Å². The van der Waals surface area contributed by atoms with E-state index in [4.69, 9.17) is 4.74 Å². The van der Waals surface area contributed by atoms with Crippen LogP contribution in [0.25, 0.3) is 0 Å². The zero-order chi connectivity index (χ0) is 47.5. The van der Waals surface area contributed by atoms with Crippen LogP contribution in [0.3, 0.4) is 0 Å². The largest absolute Gasteiger partial charge is 0.385 e. The van der Waals surface area contributed by atoms with Crippen molar-refractivity contribution in [2.45, 2.75) is 49.2 Å². The number of anilines is 4. The lowest BCUT2D eigenvalue weighted by atomic mass is 9.92. The normalized spacial score (nSPS) is 18.2. The molecular formula is C45H46F6I2N8O5. The predicted octanol–water partition coefficient (Wildman–Crippen LogP) is 6.96. The molecule has 1 unspecified atom stereocenters. The third-order valence-electron chi connectivity index (χ3n) is 11.7. The molecule has 8 rings (SSSR count). The Kier molecular flexibility index (Phi) is 15.5. The summed E-state index contributed by atoms with van der Waals surface area (Å²) in [6.07, 6.45) is 6.45. The van der Waals surface area contributed by atoms with Crippen LogP contribution in [0.15, 0.2) is 73.2 Å². The van der Waals surface area contributed by atoms with Gasteiger partial charge in [-0.1, -0.05) is 0 Å². The fraction of sp³-hybridized carbons (Fsp3) is 0.356. The molecule has 2 atom stereocenters. The van der Waals surface area contributed by atoms with E-state index in [1.807, 2.05) is 56.8 Å². The molecule has 3 heterocycles. The summed E-state index contributed by atoms with van der Waals surface area (Å²) in [4.78, 5) is 32.7. The van der Waals surface area contributed by atoms with Gasteiger partial charge in [-0.3, -0.25) is 9.59 Å². The van der Waals surface area contributed by atoms with Crippen molar-refractivity contribution in [3.63, 3.8) is 0 Å². The van der Waals surface area contributed by atoms with E-state index in [1.54, 1.807) is 31.8 Å². The van der Waals surface area contributed by atoms with Crippen LogP contribution in [-0.4, -0.2) is 111 Å². The number of aryl methyl sites for hydroxylation is 1. The Hall–Kier alpha value is -4.53. The molecule has 2 amide bonds. The first kappa shape index (κ1) is 49.4. The SMILES string of the molecule is CO[C@H]1CCCC1NCC1(O)CN(C(=O)c2ccc(F)c(F)c2Nc2ccc(I)cc2F)C1.Cn1cncc1CNCC1(O)CN(C(=O)c2ccc(F)c(F)c2Nc2ccc(I)cc2F)C1. The topological polar surface area (TPSA) is 156 Å². The van der Waals surface area contributed by atoms with E-state index in [0.717, 1.165) is 49.2 Å². The quantitative estimate of drug-likeness (QED) is 0.0508. The molecular weight excluding hydrogens is 1100 g/mol. The van der Waals surface area contributed by atoms with Crippen molar-refractivity contribution in [3.05, 3.63) is 132 Å². The fourth-order valence-corrected chi connectivity index (χ4v) is 8.98. The second kappa shape index (κ2) is 20.8. The van der Waals surface area contributed by atoms with Crippen LogP contribution in [0.4, 0.5) is 49.1 Å². The van der Waals surface area contributed by atoms with E-state index in [9.17, 15) is 46.1 Å². The van der Waals surface area contributed by atoms with Crippen LogP contribution >= 0.6 is 45.2 Å². The van der Waals surface area contributed by atoms with Gasteiger partial charge < -0.3 is 50.6 Å². The number of halogens is 8. The Morgan fingerprint density at radius 1 is 0.742 bits per heavy atom. The molecule has 1 aromatic heterocycles. The van der Waals surface area contributed by atoms with Crippen LogP contribution in [0.1, 0.15) is 45.7 Å². The highest BCUT2D eigenvalue weighted by molar-refractivity contribution is 14.1. The number of benzene rings is 4. The summed E-state index contributed by atoms with van der Waals surface area (Å²) in [5.41, 5.74) is -2.70. The molecule has 4 aromatic carbocycles. The number of likely N-dealkylation sites (tertiary alicyclic amines) is 2. The summed E-state index contributed by atoms with van der Waals surface area (Å²) in [5, 5.41) is 32.9. The molecule has 6 N–H and O–H groups in total. The number of methoxy groups -OCH3 is 1. The van der Waals surface area contributed by atoms with Crippen LogP contribution in [0.5, 0.6) is 0 Å². The van der Waals surface area contributed by atoms with Crippen molar-refractivity contribution >= 4 is 79.7 Å². The molecule has 2 saturated heterocycles. The molecule has 0 spiro atoms. The molecule has 1 aliphatic carbocycles. The third-order valence-corrected chi connectivity index (χ3v) is 13.0. The number of hydrogen-bond acceptors (Lipinski definition) is 10. The highest BCUT2D eigenvalue weighted by Crippen LogP contribution is 2.34. The summed E-state index contributed by atoms with van der Waals surface area (Å²) in [5.74, 6) is -7.39. The maximum atomic E-state index is 14.6. The molecule has 5 aromatic rings. The van der Waals surface area contributed by atoms with Crippen molar-refractivity contribution in [3.8, 4) is 0 Å². The van der Waals surface area contributed by atoms with Crippen LogP contribution in [0.2, 0.25) is 0 Å². The van der Waals surface area contributed by atoms with Gasteiger partial charge in [0.2, 0.25) is 0 Å². The van der Waals surface area contributed by atoms with E-state index in [2.05, 4.69) is 26.3 Å². The highest BCUT2D eigenvalue weighted by Gasteiger charge is 2.46. The molecule has 3 aliphatic rings. The summed E-state index contributed by atoms with van der Waals surface area (Å²) in [6.45, 7) is 1.13. The number of β-amino-alcohol motifs (C(OH)–C–C–N with tert-alkyl or cyclic N) is 2. The number of aliphatic hydroxyl groups is 2. The zero-order valence-electron chi connectivity index (χ0n) is 35.6. The Bertz CT molecular complexity index is 2600. The third kappa shape index (κ3) is 11.2. The number of nitrogens with zero attached hydrogens (tertiary/aromatic N) is 4. The smallest absolute Gasteiger partial charge is 0.256 e. The van der Waals surface area contributed by atoms with E-state index in [1.165, 1.54) is 34.1 Å². The molecule has 352 valence electrons. The van der Waals surface area contributed by atoms with Gasteiger partial charge in [-0.2, -0.15) is 0 Å². The van der Waals surface area contributed by atoms with Gasteiger partial charge in [-0.15, -0.1) is 0 Å². The monoisotopic (exact) mass is 1150 g/mol. The Balaban J connectivity index is 0.000000196. The molecule has 3 fully saturated rings. The molecule has 13 nitrogen and oxygen atoms in total. The summed E-state index contributed by atoms with van der Waals surface area (Å²) >= 11 is 3.86. The van der Waals surface area contributed by atoms with Crippen LogP contribution in [-0.2, 0) is 18.3 Å². The predicted molar refractivity (Wildman–Crippen MR) is 251 cm³/mol. The first-order chi connectivity index (χ1) is 31.4. The summed E-state index contributed by atoms with van der Waals surface area (Å²) in [7, 11) is 3.52. The van der Waals surface area contributed by atoms with E-state index in [-0.39, 0.29) is 73.9 Å². The second-order valence-corrected chi connectivity index (χ2v) is 19.1. The van der Waals surface area contributed by atoms with Gasteiger partial charge in [0, 0.05) is 53.2 Å². The van der Waals surface area contributed by atoms with Crippen molar-refractivity contribution < 1.29 is 50.9 Å². The number of nitrogens with one attached hydrogen (secondary N) is 4. The average Bonchev–Trinajstić information content (AvgIpc) is 3.90. The first-order valence-electron chi connectivity index (χ1n) is 20.7. The van der Waals surface area contributed by atoms with Gasteiger partial charge in [0.25, 0.3) is 11.8 Å². The van der Waals surface area contributed by atoms with Crippen molar-refractivity contribution in [1.29, 1.82) is 0 Å². The lowest BCUT2D eigenvalue weighted by Crippen LogP contribution is -2.68. The summed E-state index contributed by atoms with van der Waals surface area (Å²) < 4.78 is 94.1. The average molecular weight is 1150 g/mol. The fourth-order valence-electron chi connectivity index (χ4n) is 8.07. The molecule has 1 saturated carbocycles. The molecule has 66 heavy (non-hydrogen) atoms. The van der Waals surface area contributed by atoms with Gasteiger partial charge in [0.1, 0.15) is 22.8 Å². The zero-order valence-corrected chi connectivity index (χ0v) is 39.9. The number of carbonyl (C=O) groups is 2. The minimum absolute atomic E-state index is 0.0144. The molecule has 0 radical (unpaired) electrons. The van der Waals surface area contributed by atoms with E-state index >= 15 is 0 Å². The lowest BCUT2D eigenvalue weighted by molar-refractivity contribution is -0.0815.